The van der Waals surface area contributed by atoms with Gasteiger partial charge in [-0.05, 0) is 61.9 Å². The molecule has 0 radical (unpaired) electrons. The van der Waals surface area contributed by atoms with Crippen LogP contribution in [-0.2, 0) is 4.79 Å². The summed E-state index contributed by atoms with van der Waals surface area (Å²) in [6.45, 7) is 3.85. The molecule has 5 aromatic rings. The largest absolute Gasteiger partial charge is 0.366 e. The molecule has 0 aliphatic heterocycles. The highest BCUT2D eigenvalue weighted by molar-refractivity contribution is 8.00. The van der Waals surface area contributed by atoms with Gasteiger partial charge in [0.2, 0.25) is 11.8 Å². The maximum absolute atomic E-state index is 13.0. The Kier molecular flexibility index (Phi) is 6.30. The molecule has 0 unspecified atom stereocenters. The molecule has 0 bridgehead atoms. The molecular weight excluding hydrogens is 472 g/mol. The van der Waals surface area contributed by atoms with E-state index in [0.29, 0.717) is 22.2 Å². The van der Waals surface area contributed by atoms with E-state index < -0.39 is 11.2 Å². The van der Waals surface area contributed by atoms with Gasteiger partial charge in [-0.2, -0.15) is 0 Å². The van der Waals surface area contributed by atoms with Gasteiger partial charge < -0.3 is 16.0 Å². The fourth-order valence-electron chi connectivity index (χ4n) is 3.95. The summed E-state index contributed by atoms with van der Waals surface area (Å²) in [7, 11) is 0. The Morgan fingerprint density at radius 3 is 2.56 bits per heavy atom. The molecule has 9 heteroatoms. The molecule has 8 nitrogen and oxygen atoms in total. The predicted octanol–water partition coefficient (Wildman–Crippen LogP) is 4.94. The van der Waals surface area contributed by atoms with Crippen molar-refractivity contribution in [2.45, 2.75) is 24.3 Å². The number of aromatic amines is 1. The van der Waals surface area contributed by atoms with Gasteiger partial charge in [0.1, 0.15) is 0 Å². The van der Waals surface area contributed by atoms with Crippen molar-refractivity contribution in [2.24, 2.45) is 5.73 Å². The lowest BCUT2D eigenvalue weighted by molar-refractivity contribution is -0.115. The van der Waals surface area contributed by atoms with Crippen molar-refractivity contribution in [2.75, 3.05) is 5.32 Å². The van der Waals surface area contributed by atoms with Gasteiger partial charge in [-0.15, -0.1) is 10.2 Å². The number of aromatic nitrogens is 4. The van der Waals surface area contributed by atoms with Crippen LogP contribution in [-0.4, -0.2) is 36.8 Å². The number of aryl methyl sites for hydroxylation is 1. The highest BCUT2D eigenvalue weighted by atomic mass is 32.2. The Bertz CT molecular complexity index is 1570. The van der Waals surface area contributed by atoms with Gasteiger partial charge in [-0.3, -0.25) is 14.2 Å². The van der Waals surface area contributed by atoms with Gasteiger partial charge in [0.25, 0.3) is 0 Å². The lowest BCUT2D eigenvalue weighted by atomic mass is 10.1. The minimum absolute atomic E-state index is 0.195. The number of hydrogen-bond acceptors (Lipinski definition) is 5. The minimum Gasteiger partial charge on any atom is -0.366 e. The maximum Gasteiger partial charge on any atom is 0.248 e. The van der Waals surface area contributed by atoms with Gasteiger partial charge in [0.05, 0.1) is 5.25 Å². The van der Waals surface area contributed by atoms with Crippen LogP contribution in [0.1, 0.15) is 22.8 Å². The number of H-pyrrole nitrogens is 1. The van der Waals surface area contributed by atoms with Crippen LogP contribution >= 0.6 is 11.8 Å². The third kappa shape index (κ3) is 4.60. The lowest BCUT2D eigenvalue weighted by Crippen LogP contribution is -2.23. The van der Waals surface area contributed by atoms with Gasteiger partial charge in [-0.1, -0.05) is 42.1 Å². The summed E-state index contributed by atoms with van der Waals surface area (Å²) in [6, 6.07) is 22.6. The topological polar surface area (TPSA) is 119 Å². The van der Waals surface area contributed by atoms with Crippen LogP contribution in [0.3, 0.4) is 0 Å². The van der Waals surface area contributed by atoms with E-state index >= 15 is 0 Å². The molecule has 2 amide bonds. The van der Waals surface area contributed by atoms with Crippen molar-refractivity contribution in [1.29, 1.82) is 0 Å². The van der Waals surface area contributed by atoms with E-state index in [9.17, 15) is 9.59 Å². The van der Waals surface area contributed by atoms with Crippen LogP contribution < -0.4 is 11.1 Å². The number of primary amides is 1. The summed E-state index contributed by atoms with van der Waals surface area (Å²) in [5, 5.41) is 13.1. The monoisotopic (exact) mass is 496 g/mol. The Labute approximate surface area is 211 Å². The van der Waals surface area contributed by atoms with E-state index in [-0.39, 0.29) is 5.91 Å². The number of para-hydroxylation sites is 1. The fraction of sp³-hybridized carbons (Fsp3) is 0.111. The number of benzene rings is 3. The zero-order valence-corrected chi connectivity index (χ0v) is 20.5. The minimum atomic E-state index is -0.515. The van der Waals surface area contributed by atoms with Gasteiger partial charge in [-0.25, -0.2) is 0 Å². The number of amides is 2. The third-order valence-corrected chi connectivity index (χ3v) is 6.85. The number of nitrogens with two attached hydrogens (primary N) is 1. The molecule has 4 N–H and O–H groups in total. The maximum atomic E-state index is 13.0. The van der Waals surface area contributed by atoms with E-state index in [4.69, 9.17) is 5.73 Å². The van der Waals surface area contributed by atoms with Crippen LogP contribution in [0.4, 0.5) is 5.69 Å². The van der Waals surface area contributed by atoms with Crippen molar-refractivity contribution in [3.8, 4) is 17.1 Å². The normalized spacial score (nSPS) is 11.9. The first-order chi connectivity index (χ1) is 17.4. The summed E-state index contributed by atoms with van der Waals surface area (Å²) in [5.74, 6) is -0.0206. The standard InChI is InChI=1S/C27H24N6O2S/c1-16-6-5-7-20(14-16)33-25(22-15-29-23-9-4-3-8-21(22)23)31-32-27(33)36-17(2)26(35)30-19-12-10-18(11-13-19)24(28)34/h3-15,17,29H,1-2H3,(H2,28,34)(H,30,35)/t17-/m1/s1. The van der Waals surface area contributed by atoms with Crippen LogP contribution in [0, 0.1) is 6.92 Å². The Balaban J connectivity index is 1.47. The zero-order valence-electron chi connectivity index (χ0n) is 19.7. The number of nitrogens with one attached hydrogen (secondary N) is 2. The predicted molar refractivity (Wildman–Crippen MR) is 142 cm³/mol. The second kappa shape index (κ2) is 9.71. The zero-order chi connectivity index (χ0) is 25.2. The molecule has 36 heavy (non-hydrogen) atoms. The molecule has 0 spiro atoms. The first-order valence-electron chi connectivity index (χ1n) is 11.4. The summed E-state index contributed by atoms with van der Waals surface area (Å²) in [6.07, 6.45) is 1.93. The van der Waals surface area contributed by atoms with Gasteiger partial charge in [0, 0.05) is 39.6 Å². The molecule has 2 aromatic heterocycles. The molecule has 0 aliphatic carbocycles. The molecule has 180 valence electrons. The molecule has 2 heterocycles. The number of fused-ring (bicyclic) bond motifs is 1. The molecule has 5 rings (SSSR count). The van der Waals surface area contributed by atoms with Gasteiger partial charge in [0.15, 0.2) is 11.0 Å². The highest BCUT2D eigenvalue weighted by Crippen LogP contribution is 2.34. The summed E-state index contributed by atoms with van der Waals surface area (Å²) in [5.41, 5.74) is 10.2. The Hall–Kier alpha value is -4.37. The van der Waals surface area contributed by atoms with Crippen molar-refractivity contribution in [1.82, 2.24) is 19.7 Å². The molecule has 0 saturated heterocycles. The van der Waals surface area contributed by atoms with Crippen molar-refractivity contribution in [3.05, 3.63) is 90.1 Å². The van der Waals surface area contributed by atoms with Crippen LogP contribution in [0.5, 0.6) is 0 Å². The van der Waals surface area contributed by atoms with E-state index in [0.717, 1.165) is 27.7 Å². The van der Waals surface area contributed by atoms with E-state index in [2.05, 4.69) is 26.6 Å². The van der Waals surface area contributed by atoms with Crippen molar-refractivity contribution < 1.29 is 9.59 Å². The Morgan fingerprint density at radius 2 is 1.81 bits per heavy atom. The average molecular weight is 497 g/mol. The SMILES string of the molecule is Cc1cccc(-n2c(S[C@H](C)C(=O)Nc3ccc(C(N)=O)cc3)nnc2-c2c[nH]c3ccccc23)c1. The molecule has 1 atom stereocenters. The second-order valence-corrected chi connectivity index (χ2v) is 9.73. The quantitative estimate of drug-likeness (QED) is 0.276. The first-order valence-corrected chi connectivity index (χ1v) is 12.2. The van der Waals surface area contributed by atoms with Crippen LogP contribution in [0.25, 0.3) is 28.0 Å². The average Bonchev–Trinajstić information content (AvgIpc) is 3.48. The number of thioether (sulfide) groups is 1. The number of carbonyl (C=O) groups is 2. The van der Waals surface area contributed by atoms with Gasteiger partial charge >= 0.3 is 0 Å². The second-order valence-electron chi connectivity index (χ2n) is 8.42. The molecule has 0 saturated carbocycles. The number of anilines is 1. The number of hydrogen-bond donors (Lipinski definition) is 3. The molecule has 0 aliphatic rings. The molecule has 3 aromatic carbocycles. The first kappa shape index (κ1) is 23.4. The smallest absolute Gasteiger partial charge is 0.248 e. The third-order valence-electron chi connectivity index (χ3n) is 5.81. The number of nitrogens with zero attached hydrogens (tertiary/aromatic N) is 3. The van der Waals surface area contributed by atoms with Crippen LogP contribution in [0.15, 0.2) is 84.1 Å². The Morgan fingerprint density at radius 1 is 1.03 bits per heavy atom. The summed E-state index contributed by atoms with van der Waals surface area (Å²) < 4.78 is 1.98. The number of rotatable bonds is 7. The van der Waals surface area contributed by atoms with Crippen molar-refractivity contribution in [3.63, 3.8) is 0 Å². The van der Waals surface area contributed by atoms with Crippen LogP contribution in [0.2, 0.25) is 0 Å². The summed E-state index contributed by atoms with van der Waals surface area (Å²) >= 11 is 1.32. The summed E-state index contributed by atoms with van der Waals surface area (Å²) in [4.78, 5) is 27.6. The molecular formula is C27H24N6O2S. The molecule has 0 fully saturated rings. The number of carbonyl (C=O) groups excluding carboxylic acids is 2. The van der Waals surface area contributed by atoms with E-state index in [1.54, 1.807) is 24.3 Å². The van der Waals surface area contributed by atoms with Crippen molar-refractivity contribution >= 4 is 40.2 Å². The van der Waals surface area contributed by atoms with E-state index in [1.165, 1.54) is 11.8 Å². The van der Waals surface area contributed by atoms with E-state index in [1.807, 2.05) is 67.1 Å². The highest BCUT2D eigenvalue weighted by Gasteiger charge is 2.23. The lowest BCUT2D eigenvalue weighted by Gasteiger charge is -2.14. The fourth-order valence-corrected chi connectivity index (χ4v) is 4.82.